The number of aromatic nitrogens is 2. The maximum Gasteiger partial charge on any atom is 0.316 e. The molecule has 0 unspecified atom stereocenters. The summed E-state index contributed by atoms with van der Waals surface area (Å²) in [6.07, 6.45) is 3.22. The minimum Gasteiger partial charge on any atom is -0.467 e. The number of Topliss-reactive ketones (excluding diaryl/α,β-unsaturated/α-hetero) is 1. The molecule has 0 saturated heterocycles. The third-order valence-corrected chi connectivity index (χ3v) is 2.82. The van der Waals surface area contributed by atoms with Gasteiger partial charge in [0.1, 0.15) is 0 Å². The van der Waals surface area contributed by atoms with Crippen LogP contribution in [0.3, 0.4) is 0 Å². The van der Waals surface area contributed by atoms with Crippen molar-refractivity contribution in [3.8, 4) is 17.1 Å². The SMILES string of the molecule is COc1ncc(-c2cc(C(C)=O)ccc2Cl)cn1. The van der Waals surface area contributed by atoms with E-state index in [0.717, 1.165) is 11.1 Å². The molecule has 0 fully saturated rings. The minimum absolute atomic E-state index is 0.0117. The molecular weight excluding hydrogens is 252 g/mol. The molecule has 0 radical (unpaired) electrons. The zero-order valence-electron chi connectivity index (χ0n) is 9.98. The highest BCUT2D eigenvalue weighted by Crippen LogP contribution is 2.28. The standard InChI is InChI=1S/C13H11ClN2O2/c1-8(17)9-3-4-12(14)11(5-9)10-6-15-13(18-2)16-7-10/h3-7H,1-2H3. The van der Waals surface area contributed by atoms with Gasteiger partial charge in [0.05, 0.1) is 7.11 Å². The monoisotopic (exact) mass is 262 g/mol. The number of hydrogen-bond acceptors (Lipinski definition) is 4. The van der Waals surface area contributed by atoms with Gasteiger partial charge in [0.2, 0.25) is 0 Å². The Kier molecular flexibility index (Phi) is 3.58. The normalized spacial score (nSPS) is 10.2. The van der Waals surface area contributed by atoms with Gasteiger partial charge in [-0.05, 0) is 25.1 Å². The molecule has 5 heteroatoms. The van der Waals surface area contributed by atoms with E-state index in [4.69, 9.17) is 16.3 Å². The van der Waals surface area contributed by atoms with E-state index in [1.54, 1.807) is 30.6 Å². The molecule has 0 spiro atoms. The van der Waals surface area contributed by atoms with E-state index in [2.05, 4.69) is 9.97 Å². The Morgan fingerprint density at radius 3 is 2.50 bits per heavy atom. The number of nitrogens with zero attached hydrogens (tertiary/aromatic N) is 2. The smallest absolute Gasteiger partial charge is 0.316 e. The summed E-state index contributed by atoms with van der Waals surface area (Å²) in [4.78, 5) is 19.4. The summed E-state index contributed by atoms with van der Waals surface area (Å²) in [5.74, 6) is -0.0117. The number of ether oxygens (including phenoxy) is 1. The molecular formula is C13H11ClN2O2. The number of methoxy groups -OCH3 is 1. The van der Waals surface area contributed by atoms with Gasteiger partial charge in [-0.2, -0.15) is 0 Å². The fraction of sp³-hybridized carbons (Fsp3) is 0.154. The Morgan fingerprint density at radius 2 is 1.94 bits per heavy atom. The van der Waals surface area contributed by atoms with Crippen molar-refractivity contribution in [1.29, 1.82) is 0 Å². The van der Waals surface area contributed by atoms with Gasteiger partial charge in [-0.1, -0.05) is 11.6 Å². The predicted molar refractivity (Wildman–Crippen MR) is 69.0 cm³/mol. The highest BCUT2D eigenvalue weighted by molar-refractivity contribution is 6.33. The highest BCUT2D eigenvalue weighted by atomic mass is 35.5. The van der Waals surface area contributed by atoms with Crippen molar-refractivity contribution in [3.63, 3.8) is 0 Å². The molecule has 92 valence electrons. The van der Waals surface area contributed by atoms with E-state index in [9.17, 15) is 4.79 Å². The van der Waals surface area contributed by atoms with Crippen LogP contribution in [0.4, 0.5) is 0 Å². The van der Waals surface area contributed by atoms with Crippen molar-refractivity contribution in [3.05, 3.63) is 41.2 Å². The number of benzene rings is 1. The second-order valence-corrected chi connectivity index (χ2v) is 4.12. The van der Waals surface area contributed by atoms with Gasteiger partial charge in [0.15, 0.2) is 5.78 Å². The van der Waals surface area contributed by atoms with Gasteiger partial charge in [0, 0.05) is 34.1 Å². The molecule has 0 saturated carbocycles. The predicted octanol–water partition coefficient (Wildman–Crippen LogP) is 3.01. The van der Waals surface area contributed by atoms with Gasteiger partial charge in [0.25, 0.3) is 0 Å². The van der Waals surface area contributed by atoms with Gasteiger partial charge in [-0.25, -0.2) is 9.97 Å². The first kappa shape index (κ1) is 12.5. The van der Waals surface area contributed by atoms with Crippen LogP contribution in [0, 0.1) is 0 Å². The maximum atomic E-state index is 11.3. The van der Waals surface area contributed by atoms with Crippen LogP contribution in [0.15, 0.2) is 30.6 Å². The molecule has 2 aromatic rings. The fourth-order valence-corrected chi connectivity index (χ4v) is 1.75. The van der Waals surface area contributed by atoms with Crippen molar-refractivity contribution in [1.82, 2.24) is 9.97 Å². The summed E-state index contributed by atoms with van der Waals surface area (Å²) in [6.45, 7) is 1.51. The number of carbonyl (C=O) groups excluding carboxylic acids is 1. The molecule has 2 rings (SSSR count). The maximum absolute atomic E-state index is 11.3. The Bertz CT molecular complexity index is 582. The van der Waals surface area contributed by atoms with Crippen molar-refractivity contribution >= 4 is 17.4 Å². The molecule has 0 aliphatic heterocycles. The van der Waals surface area contributed by atoms with Gasteiger partial charge in [-0.15, -0.1) is 0 Å². The Morgan fingerprint density at radius 1 is 1.28 bits per heavy atom. The number of ketones is 1. The van der Waals surface area contributed by atoms with Crippen LogP contribution in [-0.2, 0) is 0 Å². The molecule has 0 amide bonds. The molecule has 1 heterocycles. The Labute approximate surface area is 110 Å². The Balaban J connectivity index is 2.48. The third-order valence-electron chi connectivity index (χ3n) is 2.49. The molecule has 4 nitrogen and oxygen atoms in total. The van der Waals surface area contributed by atoms with Crippen LogP contribution in [0.25, 0.3) is 11.1 Å². The average molecular weight is 263 g/mol. The summed E-state index contributed by atoms with van der Waals surface area (Å²) in [6, 6.07) is 5.41. The van der Waals surface area contributed by atoms with Crippen LogP contribution in [-0.4, -0.2) is 22.9 Å². The van der Waals surface area contributed by atoms with E-state index in [1.807, 2.05) is 0 Å². The lowest BCUT2D eigenvalue weighted by Crippen LogP contribution is -1.95. The first-order valence-electron chi connectivity index (χ1n) is 5.28. The third kappa shape index (κ3) is 2.49. The van der Waals surface area contributed by atoms with Crippen molar-refractivity contribution in [2.24, 2.45) is 0 Å². The van der Waals surface area contributed by atoms with Crippen molar-refractivity contribution < 1.29 is 9.53 Å². The highest BCUT2D eigenvalue weighted by Gasteiger charge is 2.08. The molecule has 0 atom stereocenters. The number of halogens is 1. The zero-order valence-corrected chi connectivity index (χ0v) is 10.7. The summed E-state index contributed by atoms with van der Waals surface area (Å²) in [5.41, 5.74) is 2.07. The Hall–Kier alpha value is -1.94. The van der Waals surface area contributed by atoms with Crippen LogP contribution >= 0.6 is 11.6 Å². The second-order valence-electron chi connectivity index (χ2n) is 3.71. The molecule has 1 aromatic heterocycles. The van der Waals surface area contributed by atoms with Crippen LogP contribution in [0.2, 0.25) is 5.02 Å². The number of rotatable bonds is 3. The molecule has 0 aliphatic carbocycles. The van der Waals surface area contributed by atoms with E-state index >= 15 is 0 Å². The lowest BCUT2D eigenvalue weighted by molar-refractivity contribution is 0.101. The largest absolute Gasteiger partial charge is 0.467 e. The van der Waals surface area contributed by atoms with E-state index in [1.165, 1.54) is 14.0 Å². The van der Waals surface area contributed by atoms with E-state index in [0.29, 0.717) is 10.6 Å². The molecule has 18 heavy (non-hydrogen) atoms. The van der Waals surface area contributed by atoms with E-state index in [-0.39, 0.29) is 11.8 Å². The second kappa shape index (κ2) is 5.14. The van der Waals surface area contributed by atoms with E-state index < -0.39 is 0 Å². The lowest BCUT2D eigenvalue weighted by atomic mass is 10.0. The van der Waals surface area contributed by atoms with Gasteiger partial charge >= 0.3 is 6.01 Å². The van der Waals surface area contributed by atoms with Crippen molar-refractivity contribution in [2.45, 2.75) is 6.92 Å². The fourth-order valence-electron chi connectivity index (χ4n) is 1.53. The molecule has 0 bridgehead atoms. The summed E-state index contributed by atoms with van der Waals surface area (Å²) >= 11 is 6.11. The molecule has 1 aromatic carbocycles. The van der Waals surface area contributed by atoms with Gasteiger partial charge in [-0.3, -0.25) is 4.79 Å². The lowest BCUT2D eigenvalue weighted by Gasteiger charge is -2.06. The average Bonchev–Trinajstić information content (AvgIpc) is 2.39. The van der Waals surface area contributed by atoms with Crippen LogP contribution < -0.4 is 4.74 Å². The molecule has 0 aliphatic rings. The summed E-state index contributed by atoms with van der Waals surface area (Å²) < 4.78 is 4.89. The quantitative estimate of drug-likeness (QED) is 0.798. The topological polar surface area (TPSA) is 52.1 Å². The first-order valence-corrected chi connectivity index (χ1v) is 5.66. The zero-order chi connectivity index (χ0) is 13.1. The van der Waals surface area contributed by atoms with Crippen LogP contribution in [0.5, 0.6) is 6.01 Å². The summed E-state index contributed by atoms with van der Waals surface area (Å²) in [7, 11) is 1.50. The van der Waals surface area contributed by atoms with Crippen molar-refractivity contribution in [2.75, 3.05) is 7.11 Å². The van der Waals surface area contributed by atoms with Gasteiger partial charge < -0.3 is 4.74 Å². The number of carbonyl (C=O) groups is 1. The van der Waals surface area contributed by atoms with Crippen LogP contribution in [0.1, 0.15) is 17.3 Å². The minimum atomic E-state index is -0.0117. The summed E-state index contributed by atoms with van der Waals surface area (Å²) in [5, 5.41) is 0.550. The number of hydrogen-bond donors (Lipinski definition) is 0. The molecule has 0 N–H and O–H groups in total. The first-order chi connectivity index (χ1) is 8.61.